The number of sulfonamides is 1. The largest absolute Gasteiger partial charge is 0.356 e. The van der Waals surface area contributed by atoms with Crippen molar-refractivity contribution in [3.05, 3.63) is 72.3 Å². The van der Waals surface area contributed by atoms with E-state index < -0.39 is 10.0 Å². The highest BCUT2D eigenvalue weighted by Gasteiger charge is 2.21. The van der Waals surface area contributed by atoms with Crippen LogP contribution < -0.4 is 5.14 Å². The molecule has 0 saturated carbocycles. The molecule has 0 atom stereocenters. The van der Waals surface area contributed by atoms with Crippen molar-refractivity contribution in [2.24, 2.45) is 5.14 Å². The Morgan fingerprint density at radius 1 is 0.966 bits per heavy atom. The molecule has 2 heterocycles. The molecule has 29 heavy (non-hydrogen) atoms. The molecule has 0 aliphatic carbocycles. The lowest BCUT2D eigenvalue weighted by Gasteiger charge is -2.13. The predicted molar refractivity (Wildman–Crippen MR) is 109 cm³/mol. The second kappa shape index (κ2) is 7.23. The highest BCUT2D eigenvalue weighted by molar-refractivity contribution is 7.89. The molecule has 0 aliphatic heterocycles. The number of aromatic nitrogens is 3. The fourth-order valence-corrected chi connectivity index (χ4v) is 3.94. The van der Waals surface area contributed by atoms with Gasteiger partial charge in [-0.05, 0) is 37.6 Å². The smallest absolute Gasteiger partial charge is 0.238 e. The maximum absolute atomic E-state index is 12.2. The summed E-state index contributed by atoms with van der Waals surface area (Å²) in [6.07, 6.45) is 3.14. The van der Waals surface area contributed by atoms with Gasteiger partial charge in [-0.25, -0.2) is 23.5 Å². The molecule has 0 spiro atoms. The highest BCUT2D eigenvalue weighted by Crippen LogP contribution is 2.39. The maximum atomic E-state index is 12.2. The summed E-state index contributed by atoms with van der Waals surface area (Å²) >= 11 is 0. The highest BCUT2D eigenvalue weighted by atomic mass is 32.2. The summed E-state index contributed by atoms with van der Waals surface area (Å²) < 4.78 is 29.9. The van der Waals surface area contributed by atoms with Crippen LogP contribution >= 0.6 is 0 Å². The topological polar surface area (TPSA) is 112 Å². The SMILES string of the molecule is Cc1noc(-c2cc(-c3ccncn3)ccc2-c2ccccc2S(N)(=O)=O)c1C. The van der Waals surface area contributed by atoms with Crippen LogP contribution in [-0.2, 0) is 10.0 Å². The average molecular weight is 406 g/mol. The van der Waals surface area contributed by atoms with Gasteiger partial charge in [0.1, 0.15) is 6.33 Å². The molecule has 2 aromatic heterocycles. The first-order valence-corrected chi connectivity index (χ1v) is 10.4. The van der Waals surface area contributed by atoms with Crippen molar-refractivity contribution in [3.63, 3.8) is 0 Å². The molecule has 0 radical (unpaired) electrons. The van der Waals surface area contributed by atoms with Gasteiger partial charge in [0.15, 0.2) is 5.76 Å². The van der Waals surface area contributed by atoms with Crippen molar-refractivity contribution in [1.82, 2.24) is 15.1 Å². The standard InChI is InChI=1S/C21H18N4O3S/c1-13-14(2)25-28-21(13)18-11-15(19-9-10-23-12-24-19)7-8-16(18)17-5-3-4-6-20(17)29(22,26)27/h3-12H,1-2H3,(H2,22,26,27). The van der Waals surface area contributed by atoms with E-state index in [-0.39, 0.29) is 4.90 Å². The van der Waals surface area contributed by atoms with Gasteiger partial charge in [0.05, 0.1) is 16.3 Å². The number of primary sulfonamides is 1. The monoisotopic (exact) mass is 406 g/mol. The van der Waals surface area contributed by atoms with Gasteiger partial charge in [-0.2, -0.15) is 0 Å². The lowest BCUT2D eigenvalue weighted by Crippen LogP contribution is -2.13. The molecular weight excluding hydrogens is 388 g/mol. The van der Waals surface area contributed by atoms with E-state index in [2.05, 4.69) is 15.1 Å². The van der Waals surface area contributed by atoms with Gasteiger partial charge >= 0.3 is 0 Å². The number of rotatable bonds is 4. The first-order valence-electron chi connectivity index (χ1n) is 8.82. The van der Waals surface area contributed by atoms with E-state index in [4.69, 9.17) is 9.66 Å². The Hall–Kier alpha value is -3.36. The van der Waals surface area contributed by atoms with E-state index >= 15 is 0 Å². The summed E-state index contributed by atoms with van der Waals surface area (Å²) in [5.41, 5.74) is 5.08. The minimum Gasteiger partial charge on any atom is -0.356 e. The van der Waals surface area contributed by atoms with Gasteiger partial charge < -0.3 is 4.52 Å². The summed E-state index contributed by atoms with van der Waals surface area (Å²) in [6.45, 7) is 3.77. The molecule has 8 heteroatoms. The van der Waals surface area contributed by atoms with Crippen molar-refractivity contribution < 1.29 is 12.9 Å². The zero-order valence-electron chi connectivity index (χ0n) is 15.8. The van der Waals surface area contributed by atoms with E-state index in [1.807, 2.05) is 32.0 Å². The van der Waals surface area contributed by atoms with Gasteiger partial charge in [0.2, 0.25) is 10.0 Å². The van der Waals surface area contributed by atoms with Crippen LogP contribution in [0.4, 0.5) is 0 Å². The van der Waals surface area contributed by atoms with Crippen LogP contribution in [0.1, 0.15) is 11.3 Å². The minimum atomic E-state index is -3.91. The van der Waals surface area contributed by atoms with Gasteiger partial charge in [0, 0.05) is 28.5 Å². The molecule has 0 amide bonds. The lowest BCUT2D eigenvalue weighted by molar-refractivity contribution is 0.427. The van der Waals surface area contributed by atoms with E-state index in [0.717, 1.165) is 22.5 Å². The van der Waals surface area contributed by atoms with Crippen molar-refractivity contribution >= 4 is 10.0 Å². The van der Waals surface area contributed by atoms with Crippen molar-refractivity contribution in [1.29, 1.82) is 0 Å². The molecule has 2 N–H and O–H groups in total. The fourth-order valence-electron chi connectivity index (χ4n) is 3.19. The third-order valence-electron chi connectivity index (χ3n) is 4.78. The van der Waals surface area contributed by atoms with E-state index in [1.165, 1.54) is 12.4 Å². The maximum Gasteiger partial charge on any atom is 0.238 e. The van der Waals surface area contributed by atoms with E-state index in [9.17, 15) is 8.42 Å². The first-order chi connectivity index (χ1) is 13.9. The Labute approximate surface area is 168 Å². The summed E-state index contributed by atoms with van der Waals surface area (Å²) in [5.74, 6) is 0.567. The number of hydrogen-bond donors (Lipinski definition) is 1. The molecule has 4 rings (SSSR count). The predicted octanol–water partition coefficient (Wildman–Crippen LogP) is 3.73. The Bertz CT molecular complexity index is 1300. The molecule has 4 aromatic rings. The van der Waals surface area contributed by atoms with Crippen LogP contribution in [0.2, 0.25) is 0 Å². The molecule has 0 unspecified atom stereocenters. The van der Waals surface area contributed by atoms with Crippen molar-refractivity contribution in [2.75, 3.05) is 0 Å². The van der Waals surface area contributed by atoms with Crippen LogP contribution in [0.25, 0.3) is 33.7 Å². The molecule has 0 saturated heterocycles. The van der Waals surface area contributed by atoms with Gasteiger partial charge in [-0.3, -0.25) is 0 Å². The zero-order chi connectivity index (χ0) is 20.6. The molecule has 0 fully saturated rings. The van der Waals surface area contributed by atoms with Gasteiger partial charge in [-0.15, -0.1) is 0 Å². The van der Waals surface area contributed by atoms with Crippen LogP contribution in [0.3, 0.4) is 0 Å². The summed E-state index contributed by atoms with van der Waals surface area (Å²) in [4.78, 5) is 8.30. The van der Waals surface area contributed by atoms with Gasteiger partial charge in [-0.1, -0.05) is 35.5 Å². The minimum absolute atomic E-state index is 0.0462. The Morgan fingerprint density at radius 3 is 2.41 bits per heavy atom. The molecule has 0 bridgehead atoms. The number of hydrogen-bond acceptors (Lipinski definition) is 6. The summed E-state index contributed by atoms with van der Waals surface area (Å²) in [7, 11) is -3.91. The molecule has 146 valence electrons. The Morgan fingerprint density at radius 2 is 1.76 bits per heavy atom. The fraction of sp³-hybridized carbons (Fsp3) is 0.0952. The molecule has 0 aliphatic rings. The van der Waals surface area contributed by atoms with E-state index in [1.54, 1.807) is 30.5 Å². The first kappa shape index (κ1) is 19.0. The van der Waals surface area contributed by atoms with Gasteiger partial charge in [0.25, 0.3) is 0 Å². The Balaban J connectivity index is 2.02. The van der Waals surface area contributed by atoms with Crippen molar-refractivity contribution in [2.45, 2.75) is 18.7 Å². The Kier molecular flexibility index (Phi) is 4.73. The van der Waals surface area contributed by atoms with Crippen LogP contribution in [0.5, 0.6) is 0 Å². The molecule has 7 nitrogen and oxygen atoms in total. The lowest BCUT2D eigenvalue weighted by atomic mass is 9.93. The zero-order valence-corrected chi connectivity index (χ0v) is 16.6. The number of nitrogens with zero attached hydrogens (tertiary/aromatic N) is 3. The quantitative estimate of drug-likeness (QED) is 0.553. The third kappa shape index (κ3) is 3.55. The number of benzene rings is 2. The number of aryl methyl sites for hydroxylation is 1. The van der Waals surface area contributed by atoms with Crippen molar-refractivity contribution in [3.8, 4) is 33.7 Å². The third-order valence-corrected chi connectivity index (χ3v) is 5.75. The van der Waals surface area contributed by atoms with E-state index in [0.29, 0.717) is 22.5 Å². The van der Waals surface area contributed by atoms with Crippen LogP contribution in [0.15, 0.2) is 70.5 Å². The summed E-state index contributed by atoms with van der Waals surface area (Å²) in [5, 5.41) is 9.52. The van der Waals surface area contributed by atoms with Crippen LogP contribution in [0, 0.1) is 13.8 Å². The second-order valence-electron chi connectivity index (χ2n) is 6.62. The normalized spacial score (nSPS) is 11.6. The summed E-state index contributed by atoms with van der Waals surface area (Å²) in [6, 6.07) is 14.0. The second-order valence-corrected chi connectivity index (χ2v) is 8.15. The number of nitrogens with two attached hydrogens (primary N) is 1. The van der Waals surface area contributed by atoms with Crippen LogP contribution in [-0.4, -0.2) is 23.5 Å². The average Bonchev–Trinajstić information content (AvgIpc) is 3.06. The molecule has 2 aromatic carbocycles. The molecular formula is C21H18N4O3S.